The predicted octanol–water partition coefficient (Wildman–Crippen LogP) is -4.44. The van der Waals surface area contributed by atoms with Gasteiger partial charge in [0.05, 0.1) is 31.2 Å². The summed E-state index contributed by atoms with van der Waals surface area (Å²) in [6.07, 6.45) is 6.76. The molecule has 0 saturated carbocycles. The van der Waals surface area contributed by atoms with Gasteiger partial charge in [0, 0.05) is 32.1 Å². The number of H-pyrrole nitrogens is 1. The van der Waals surface area contributed by atoms with Crippen molar-refractivity contribution in [2.24, 2.45) is 22.9 Å². The van der Waals surface area contributed by atoms with E-state index < -0.39 is 103 Å². The molecule has 0 radical (unpaired) electrons. The van der Waals surface area contributed by atoms with Gasteiger partial charge < -0.3 is 69.4 Å². The van der Waals surface area contributed by atoms with Gasteiger partial charge in [0.1, 0.15) is 30.2 Å². The molecule has 0 spiro atoms. The number of unbranched alkanes of at least 4 members (excludes halogenated alkanes) is 2. The third kappa shape index (κ3) is 15.5. The van der Waals surface area contributed by atoms with Crippen LogP contribution in [0.5, 0.6) is 0 Å². The summed E-state index contributed by atoms with van der Waals surface area (Å²) < 4.78 is 0. The molecule has 2 aliphatic rings. The van der Waals surface area contributed by atoms with E-state index in [-0.39, 0.29) is 45.2 Å². The summed E-state index contributed by atoms with van der Waals surface area (Å²) in [6, 6.07) is -6.50. The minimum Gasteiger partial charge on any atom is -0.480 e. The van der Waals surface area contributed by atoms with E-state index in [2.05, 4.69) is 36.6 Å². The van der Waals surface area contributed by atoms with Crippen LogP contribution in [0.3, 0.4) is 0 Å². The zero-order valence-electron chi connectivity index (χ0n) is 33.8. The Morgan fingerprint density at radius 2 is 1.40 bits per heavy atom. The number of nitrogens with two attached hydrogens (primary N) is 4. The molecule has 0 aromatic carbocycles. The Labute approximate surface area is 347 Å². The molecule has 334 valence electrons. The second-order valence-electron chi connectivity index (χ2n) is 14.9. The monoisotopic (exact) mass is 847 g/mol. The van der Waals surface area contributed by atoms with E-state index >= 15 is 0 Å². The molecule has 8 amide bonds. The Morgan fingerprint density at radius 1 is 0.767 bits per heavy atom. The summed E-state index contributed by atoms with van der Waals surface area (Å²) in [5, 5.41) is 22.1. The molecule has 23 heteroatoms. The first-order chi connectivity index (χ1) is 28.7. The summed E-state index contributed by atoms with van der Waals surface area (Å²) in [6.45, 7) is 0.133. The van der Waals surface area contributed by atoms with Crippen molar-refractivity contribution in [1.29, 1.82) is 0 Å². The van der Waals surface area contributed by atoms with E-state index in [4.69, 9.17) is 22.9 Å². The molecule has 2 aliphatic heterocycles. The highest BCUT2D eigenvalue weighted by Crippen LogP contribution is 2.20. The van der Waals surface area contributed by atoms with Crippen LogP contribution < -0.4 is 49.5 Å². The number of hydrogen-bond donors (Lipinski definition) is 11. The molecule has 2 saturated heterocycles. The van der Waals surface area contributed by atoms with E-state index in [9.17, 15) is 48.3 Å². The highest BCUT2D eigenvalue weighted by Gasteiger charge is 2.39. The van der Waals surface area contributed by atoms with Crippen LogP contribution in [0.2, 0.25) is 0 Å². The lowest BCUT2D eigenvalue weighted by molar-refractivity contribution is -0.143. The van der Waals surface area contributed by atoms with Crippen molar-refractivity contribution < 1.29 is 48.3 Å². The van der Waals surface area contributed by atoms with Crippen LogP contribution in [0.25, 0.3) is 0 Å². The summed E-state index contributed by atoms with van der Waals surface area (Å²) >= 11 is 0. The standard InChI is InChI=1S/C37H61N13O10/c38-13-3-1-7-23(40)32(54)48-26(17-22-18-42-21-45-22)36(58)50-16-6-9-27(50)34(56)44-19-30(52)43-20-31(53)49-15-5-10-28(49)35(57)46-24(11-12-29(41)51)33(55)47-25(37(59)60)8-2-4-14-39/h18,21,23-28H,1-17,19-20,38-40H2,(H2,41,51)(H,42,45)(H,43,52)(H,44,56)(H,46,57)(H,47,55)(H,48,54)(H,59,60)/t23-,24-,25-,26-,27-,28-/m0/s1. The molecule has 1 aromatic heterocycles. The lowest BCUT2D eigenvalue weighted by atomic mass is 10.1. The van der Waals surface area contributed by atoms with Crippen LogP contribution in [0, 0.1) is 0 Å². The summed E-state index contributed by atoms with van der Waals surface area (Å²) in [5.41, 5.74) is 22.9. The predicted molar refractivity (Wildman–Crippen MR) is 213 cm³/mol. The second-order valence-corrected chi connectivity index (χ2v) is 14.9. The Balaban J connectivity index is 1.55. The summed E-state index contributed by atoms with van der Waals surface area (Å²) in [5.74, 6) is -6.57. The molecule has 23 nitrogen and oxygen atoms in total. The van der Waals surface area contributed by atoms with Gasteiger partial charge in [-0.15, -0.1) is 0 Å². The molecule has 6 atom stereocenters. The first kappa shape index (κ1) is 48.7. The van der Waals surface area contributed by atoms with Gasteiger partial charge in [0.15, 0.2) is 0 Å². The highest BCUT2D eigenvalue weighted by atomic mass is 16.4. The Kier molecular flexibility index (Phi) is 20.3. The number of rotatable bonds is 26. The number of carboxylic acids is 1. The van der Waals surface area contributed by atoms with E-state index in [1.807, 2.05) is 0 Å². The molecular weight excluding hydrogens is 786 g/mol. The van der Waals surface area contributed by atoms with Gasteiger partial charge in [0.25, 0.3) is 0 Å². The van der Waals surface area contributed by atoms with Crippen LogP contribution in [0.1, 0.15) is 82.7 Å². The normalized spacial score (nSPS) is 18.1. The molecule has 60 heavy (non-hydrogen) atoms. The van der Waals surface area contributed by atoms with Crippen LogP contribution in [0.15, 0.2) is 12.5 Å². The van der Waals surface area contributed by atoms with E-state index in [1.54, 1.807) is 6.20 Å². The minimum absolute atomic E-state index is 0.0405. The van der Waals surface area contributed by atoms with Crippen molar-refractivity contribution >= 4 is 53.2 Å². The maximum absolute atomic E-state index is 13.8. The Bertz CT molecular complexity index is 1640. The first-order valence-electron chi connectivity index (χ1n) is 20.4. The number of aromatic nitrogens is 2. The number of aliphatic carboxylic acids is 1. The molecule has 3 rings (SSSR count). The number of nitrogens with zero attached hydrogens (tertiary/aromatic N) is 3. The van der Waals surface area contributed by atoms with Gasteiger partial charge >= 0.3 is 5.97 Å². The topological polar surface area (TPSA) is 373 Å². The molecule has 15 N–H and O–H groups in total. The largest absolute Gasteiger partial charge is 0.480 e. The number of imidazole rings is 1. The van der Waals surface area contributed by atoms with Gasteiger partial charge in [0.2, 0.25) is 47.3 Å². The average Bonchev–Trinajstić information content (AvgIpc) is 4.03. The fourth-order valence-electron chi connectivity index (χ4n) is 7.04. The van der Waals surface area contributed by atoms with Crippen molar-refractivity contribution in [1.82, 2.24) is 46.4 Å². The lowest BCUT2D eigenvalue weighted by Gasteiger charge is -2.29. The minimum atomic E-state index is -1.33. The highest BCUT2D eigenvalue weighted by molar-refractivity contribution is 5.96. The van der Waals surface area contributed by atoms with Crippen LogP contribution in [-0.2, 0) is 49.6 Å². The van der Waals surface area contributed by atoms with Crippen molar-refractivity contribution in [3.05, 3.63) is 18.2 Å². The second kappa shape index (κ2) is 25.1. The van der Waals surface area contributed by atoms with Gasteiger partial charge in [-0.1, -0.05) is 6.42 Å². The van der Waals surface area contributed by atoms with Gasteiger partial charge in [-0.2, -0.15) is 0 Å². The molecule has 0 bridgehead atoms. The molecule has 1 aromatic rings. The third-order valence-corrected chi connectivity index (χ3v) is 10.3. The smallest absolute Gasteiger partial charge is 0.326 e. The third-order valence-electron chi connectivity index (χ3n) is 10.3. The number of carbonyl (C=O) groups is 9. The molecule has 0 aliphatic carbocycles. The maximum Gasteiger partial charge on any atom is 0.326 e. The number of hydrogen-bond acceptors (Lipinski definition) is 13. The molecule has 0 unspecified atom stereocenters. The number of carbonyl (C=O) groups excluding carboxylic acids is 8. The summed E-state index contributed by atoms with van der Waals surface area (Å²) in [7, 11) is 0. The number of amides is 8. The fourth-order valence-corrected chi connectivity index (χ4v) is 7.04. The van der Waals surface area contributed by atoms with Crippen molar-refractivity contribution in [2.45, 2.75) is 120 Å². The maximum atomic E-state index is 13.8. The zero-order valence-corrected chi connectivity index (χ0v) is 33.8. The van der Waals surface area contributed by atoms with Gasteiger partial charge in [-0.3, -0.25) is 38.4 Å². The van der Waals surface area contributed by atoms with E-state index in [0.717, 1.165) is 0 Å². The average molecular weight is 848 g/mol. The van der Waals surface area contributed by atoms with Crippen LogP contribution in [0.4, 0.5) is 0 Å². The van der Waals surface area contributed by atoms with Crippen molar-refractivity contribution in [2.75, 3.05) is 39.3 Å². The summed E-state index contributed by atoms with van der Waals surface area (Å²) in [4.78, 5) is 125. The number of primary amides is 1. The fraction of sp³-hybridized carbons (Fsp3) is 0.676. The number of aromatic amines is 1. The first-order valence-corrected chi connectivity index (χ1v) is 20.4. The molecule has 3 heterocycles. The van der Waals surface area contributed by atoms with E-state index in [1.165, 1.54) is 16.1 Å². The number of carboxylic acid groups (broad SMARTS) is 1. The SMILES string of the molecule is NCCCC[C@H](NC(=O)[C@H](CCC(N)=O)NC(=O)[C@@H]1CCCN1C(=O)CNC(=O)CNC(=O)[C@@H]1CCCN1C(=O)[C@H](Cc1c[nH]cn1)NC(=O)[C@@H](N)CCCCN)C(=O)O. The Hall–Kier alpha value is -5.68. The Morgan fingerprint density at radius 3 is 2.02 bits per heavy atom. The molecular formula is C37H61N13O10. The lowest BCUT2D eigenvalue weighted by Crippen LogP contribution is -2.57. The van der Waals surface area contributed by atoms with Crippen molar-refractivity contribution in [3.63, 3.8) is 0 Å². The quantitative estimate of drug-likeness (QED) is 0.0392. The van der Waals surface area contributed by atoms with Gasteiger partial charge in [-0.25, -0.2) is 9.78 Å². The van der Waals surface area contributed by atoms with Crippen LogP contribution >= 0.6 is 0 Å². The van der Waals surface area contributed by atoms with Gasteiger partial charge in [-0.05, 0) is 77.3 Å². The zero-order chi connectivity index (χ0) is 44.2. The van der Waals surface area contributed by atoms with Crippen molar-refractivity contribution in [3.8, 4) is 0 Å². The van der Waals surface area contributed by atoms with Crippen LogP contribution in [-0.4, -0.2) is 154 Å². The molecule has 2 fully saturated rings. The number of nitrogens with one attached hydrogen (secondary N) is 6. The van der Waals surface area contributed by atoms with E-state index in [0.29, 0.717) is 70.2 Å². The number of likely N-dealkylation sites (tertiary alicyclic amines) is 2.